The van der Waals surface area contributed by atoms with Crippen molar-refractivity contribution in [2.75, 3.05) is 0 Å². The molecule has 0 heterocycles. The summed E-state index contributed by atoms with van der Waals surface area (Å²) >= 11 is 5.86. The first-order valence-corrected chi connectivity index (χ1v) is 7.34. The van der Waals surface area contributed by atoms with Crippen LogP contribution in [-0.4, -0.2) is 23.2 Å². The summed E-state index contributed by atoms with van der Waals surface area (Å²) in [5, 5.41) is 12.8. The van der Waals surface area contributed by atoms with Crippen molar-refractivity contribution in [1.82, 2.24) is 5.32 Å². The fourth-order valence-electron chi connectivity index (χ4n) is 2.42. The Bertz CT molecular complexity index is 472. The quantitative estimate of drug-likeness (QED) is 0.878. The predicted octanol–water partition coefficient (Wildman–Crippen LogP) is 2.66. The maximum atomic E-state index is 12.0. The maximum Gasteiger partial charge on any atom is 0.260 e. The number of hydrogen-bond donors (Lipinski definition) is 2. The van der Waals surface area contributed by atoms with E-state index in [9.17, 15) is 9.90 Å². The van der Waals surface area contributed by atoms with Crippen LogP contribution < -0.4 is 10.1 Å². The Morgan fingerprint density at radius 2 is 2.20 bits per heavy atom. The Hall–Kier alpha value is -1.26. The van der Waals surface area contributed by atoms with Crippen LogP contribution >= 0.6 is 11.6 Å². The molecule has 4 nitrogen and oxygen atoms in total. The molecule has 1 aliphatic rings. The Kier molecular flexibility index (Phi) is 5.26. The van der Waals surface area contributed by atoms with Gasteiger partial charge in [-0.3, -0.25) is 4.79 Å². The second-order valence-corrected chi connectivity index (χ2v) is 5.60. The molecular formula is C15H20ClNO3. The Balaban J connectivity index is 1.96. The summed E-state index contributed by atoms with van der Waals surface area (Å²) in [6, 6.07) is 5.26. The van der Waals surface area contributed by atoms with Gasteiger partial charge in [-0.1, -0.05) is 24.4 Å². The van der Waals surface area contributed by atoms with Gasteiger partial charge in [-0.2, -0.15) is 0 Å². The average molecular weight is 298 g/mol. The Labute approximate surface area is 124 Å². The van der Waals surface area contributed by atoms with Gasteiger partial charge in [0, 0.05) is 16.6 Å². The van der Waals surface area contributed by atoms with Gasteiger partial charge in [0.25, 0.3) is 5.91 Å². The van der Waals surface area contributed by atoms with Crippen molar-refractivity contribution < 1.29 is 14.6 Å². The molecule has 0 radical (unpaired) electrons. The summed E-state index contributed by atoms with van der Waals surface area (Å²) in [5.41, 5.74) is 0.581. The van der Waals surface area contributed by atoms with E-state index in [1.54, 1.807) is 25.1 Å². The van der Waals surface area contributed by atoms with E-state index in [2.05, 4.69) is 5.32 Å². The third kappa shape index (κ3) is 3.87. The first kappa shape index (κ1) is 15.1. The second kappa shape index (κ2) is 6.95. The van der Waals surface area contributed by atoms with Crippen LogP contribution in [-0.2, 0) is 11.4 Å². The highest BCUT2D eigenvalue weighted by Gasteiger charge is 2.22. The van der Waals surface area contributed by atoms with Crippen molar-refractivity contribution in [3.63, 3.8) is 0 Å². The van der Waals surface area contributed by atoms with Crippen LogP contribution in [0.4, 0.5) is 0 Å². The molecule has 2 rings (SSSR count). The van der Waals surface area contributed by atoms with Gasteiger partial charge < -0.3 is 15.2 Å². The number of hydrogen-bond acceptors (Lipinski definition) is 3. The molecule has 0 aliphatic heterocycles. The zero-order chi connectivity index (χ0) is 14.5. The van der Waals surface area contributed by atoms with Crippen molar-refractivity contribution in [2.24, 2.45) is 0 Å². The van der Waals surface area contributed by atoms with E-state index in [1.807, 2.05) is 0 Å². The van der Waals surface area contributed by atoms with Gasteiger partial charge in [-0.25, -0.2) is 0 Å². The number of amides is 1. The molecule has 1 aromatic carbocycles. The minimum Gasteiger partial charge on any atom is -0.481 e. The Morgan fingerprint density at radius 1 is 1.50 bits per heavy atom. The minimum atomic E-state index is -0.595. The fraction of sp³-hybridized carbons (Fsp3) is 0.533. The maximum absolute atomic E-state index is 12.0. The number of halogens is 1. The van der Waals surface area contributed by atoms with E-state index >= 15 is 0 Å². The number of carbonyl (C=O) groups excluding carboxylic acids is 1. The standard InChI is InChI=1S/C15H20ClNO3/c1-10(15(19)17-13-4-2-3-5-13)20-14-7-6-12(16)8-11(14)9-18/h6-8,10,13,18H,2-5,9H2,1H3,(H,17,19). The van der Waals surface area contributed by atoms with Gasteiger partial charge in [0.05, 0.1) is 6.61 Å². The highest BCUT2D eigenvalue weighted by Crippen LogP contribution is 2.24. The number of aliphatic hydroxyl groups is 1. The first-order chi connectivity index (χ1) is 9.60. The molecule has 1 fully saturated rings. The summed E-state index contributed by atoms with van der Waals surface area (Å²) in [6.45, 7) is 1.53. The summed E-state index contributed by atoms with van der Waals surface area (Å²) in [4.78, 5) is 12.0. The van der Waals surface area contributed by atoms with Gasteiger partial charge in [0.1, 0.15) is 5.75 Å². The highest BCUT2D eigenvalue weighted by molar-refractivity contribution is 6.30. The normalized spacial score (nSPS) is 16.9. The van der Waals surface area contributed by atoms with Gasteiger partial charge in [-0.15, -0.1) is 0 Å². The molecule has 1 amide bonds. The molecule has 0 bridgehead atoms. The zero-order valence-electron chi connectivity index (χ0n) is 11.6. The molecule has 1 unspecified atom stereocenters. The van der Waals surface area contributed by atoms with Crippen LogP contribution in [0, 0.1) is 0 Å². The topological polar surface area (TPSA) is 58.6 Å². The molecule has 1 aliphatic carbocycles. The molecule has 0 saturated heterocycles. The van der Waals surface area contributed by atoms with Gasteiger partial charge in [0.2, 0.25) is 0 Å². The summed E-state index contributed by atoms with van der Waals surface area (Å²) in [7, 11) is 0. The molecule has 0 aromatic heterocycles. The van der Waals surface area contributed by atoms with Gasteiger partial charge >= 0.3 is 0 Å². The number of ether oxygens (including phenoxy) is 1. The number of aliphatic hydroxyl groups excluding tert-OH is 1. The van der Waals surface area contributed by atoms with Crippen LogP contribution in [0.1, 0.15) is 38.2 Å². The predicted molar refractivity (Wildman–Crippen MR) is 77.9 cm³/mol. The van der Waals surface area contributed by atoms with E-state index in [0.717, 1.165) is 12.8 Å². The fourth-order valence-corrected chi connectivity index (χ4v) is 2.61. The minimum absolute atomic E-state index is 0.115. The molecule has 110 valence electrons. The van der Waals surface area contributed by atoms with Gasteiger partial charge in [-0.05, 0) is 38.0 Å². The van der Waals surface area contributed by atoms with Crippen LogP contribution in [0.25, 0.3) is 0 Å². The SMILES string of the molecule is CC(Oc1ccc(Cl)cc1CO)C(=O)NC1CCCC1. The second-order valence-electron chi connectivity index (χ2n) is 5.16. The lowest BCUT2D eigenvalue weighted by molar-refractivity contribution is -0.128. The number of carbonyl (C=O) groups is 1. The third-order valence-electron chi connectivity index (χ3n) is 3.57. The van der Waals surface area contributed by atoms with E-state index < -0.39 is 6.10 Å². The van der Waals surface area contributed by atoms with E-state index in [-0.39, 0.29) is 18.6 Å². The number of benzene rings is 1. The smallest absolute Gasteiger partial charge is 0.260 e. The summed E-state index contributed by atoms with van der Waals surface area (Å²) < 4.78 is 5.63. The zero-order valence-corrected chi connectivity index (χ0v) is 12.3. The largest absolute Gasteiger partial charge is 0.481 e. The lowest BCUT2D eigenvalue weighted by atomic mass is 10.2. The molecule has 2 N–H and O–H groups in total. The van der Waals surface area contributed by atoms with Gasteiger partial charge in [0.15, 0.2) is 6.10 Å². The third-order valence-corrected chi connectivity index (χ3v) is 3.80. The Morgan fingerprint density at radius 3 is 2.85 bits per heavy atom. The van der Waals surface area contributed by atoms with Crippen molar-refractivity contribution in [3.05, 3.63) is 28.8 Å². The van der Waals surface area contributed by atoms with Crippen molar-refractivity contribution in [1.29, 1.82) is 0 Å². The number of rotatable bonds is 5. The van der Waals surface area contributed by atoms with Crippen molar-refractivity contribution in [3.8, 4) is 5.75 Å². The number of nitrogens with one attached hydrogen (secondary N) is 1. The van der Waals surface area contributed by atoms with Crippen LogP contribution in [0.5, 0.6) is 5.75 Å². The molecule has 0 spiro atoms. The van der Waals surface area contributed by atoms with Crippen LogP contribution in [0.2, 0.25) is 5.02 Å². The molecular weight excluding hydrogens is 278 g/mol. The summed E-state index contributed by atoms with van der Waals surface area (Å²) in [6.07, 6.45) is 3.84. The molecule has 1 aromatic rings. The van der Waals surface area contributed by atoms with E-state index in [4.69, 9.17) is 16.3 Å². The molecule has 20 heavy (non-hydrogen) atoms. The van der Waals surface area contributed by atoms with Crippen LogP contribution in [0.15, 0.2) is 18.2 Å². The first-order valence-electron chi connectivity index (χ1n) is 6.96. The monoisotopic (exact) mass is 297 g/mol. The lowest BCUT2D eigenvalue weighted by Gasteiger charge is -2.19. The van der Waals surface area contributed by atoms with E-state index in [1.165, 1.54) is 12.8 Å². The summed E-state index contributed by atoms with van der Waals surface area (Å²) in [5.74, 6) is 0.377. The average Bonchev–Trinajstić information content (AvgIpc) is 2.93. The van der Waals surface area contributed by atoms with Crippen LogP contribution in [0.3, 0.4) is 0 Å². The molecule has 1 saturated carbocycles. The van der Waals surface area contributed by atoms with E-state index in [0.29, 0.717) is 16.3 Å². The van der Waals surface area contributed by atoms with Crippen molar-refractivity contribution in [2.45, 2.75) is 51.4 Å². The highest BCUT2D eigenvalue weighted by atomic mass is 35.5. The van der Waals surface area contributed by atoms with Crippen molar-refractivity contribution >= 4 is 17.5 Å². The lowest BCUT2D eigenvalue weighted by Crippen LogP contribution is -2.41. The molecule has 5 heteroatoms. The molecule has 1 atom stereocenters.